The van der Waals surface area contributed by atoms with Crippen LogP contribution in [0.25, 0.3) is 11.3 Å². The highest BCUT2D eigenvalue weighted by molar-refractivity contribution is 7.14. The monoisotopic (exact) mass is 233 g/mol. The summed E-state index contributed by atoms with van der Waals surface area (Å²) in [5.41, 5.74) is 6.04. The number of nitrogens with zero attached hydrogens (tertiary/aromatic N) is 1. The molecule has 16 heavy (non-hydrogen) atoms. The average Bonchev–Trinajstić information content (AvgIpc) is 2.79. The topological polar surface area (TPSA) is 50.9 Å². The summed E-state index contributed by atoms with van der Waals surface area (Å²) in [5, 5.41) is 2.75. The van der Waals surface area contributed by atoms with E-state index in [1.54, 1.807) is 0 Å². The van der Waals surface area contributed by atoms with E-state index in [9.17, 15) is 0 Å². The average molecular weight is 233 g/mol. The minimum Gasteiger partial charge on any atom is -0.300 e. The van der Waals surface area contributed by atoms with Gasteiger partial charge in [0.25, 0.3) is 0 Å². The van der Waals surface area contributed by atoms with Gasteiger partial charge in [0.15, 0.2) is 5.13 Å². The minimum absolute atomic E-state index is 0.743. The highest BCUT2D eigenvalue weighted by atomic mass is 32.1. The van der Waals surface area contributed by atoms with Gasteiger partial charge in [0.1, 0.15) is 0 Å². The number of nitrogen functional groups attached to an aromatic ring is 1. The smallest absolute Gasteiger partial charge is 0.197 e. The molecule has 1 aromatic carbocycles. The molecule has 0 aliphatic heterocycles. The molecule has 1 aromatic heterocycles. The van der Waals surface area contributed by atoms with Crippen LogP contribution in [0.5, 0.6) is 0 Å². The van der Waals surface area contributed by atoms with Crippen LogP contribution in [0.2, 0.25) is 0 Å². The van der Waals surface area contributed by atoms with Gasteiger partial charge in [0.2, 0.25) is 0 Å². The lowest BCUT2D eigenvalue weighted by Crippen LogP contribution is -2.05. The third-order valence-corrected chi connectivity index (χ3v) is 3.19. The second-order valence-electron chi connectivity index (χ2n) is 3.63. The first kappa shape index (κ1) is 11.1. The molecule has 0 atom stereocenters. The highest BCUT2D eigenvalue weighted by Crippen LogP contribution is 2.24. The Kier molecular flexibility index (Phi) is 3.54. The number of hydrazine groups is 1. The van der Waals surface area contributed by atoms with Crippen LogP contribution >= 0.6 is 11.3 Å². The third-order valence-electron chi connectivity index (χ3n) is 2.42. The number of hydrogen-bond donors (Lipinski definition) is 2. The molecule has 1 heterocycles. The quantitative estimate of drug-likeness (QED) is 0.630. The van der Waals surface area contributed by atoms with Crippen molar-refractivity contribution in [1.82, 2.24) is 4.98 Å². The first-order valence-corrected chi connectivity index (χ1v) is 6.23. The van der Waals surface area contributed by atoms with E-state index in [-0.39, 0.29) is 0 Å². The Balaban J connectivity index is 2.20. The Morgan fingerprint density at radius 1 is 1.31 bits per heavy atom. The molecule has 3 nitrogen and oxygen atoms in total. The molecule has 3 N–H and O–H groups in total. The number of aromatic nitrogens is 1. The van der Waals surface area contributed by atoms with Gasteiger partial charge in [-0.15, -0.1) is 11.3 Å². The van der Waals surface area contributed by atoms with Crippen LogP contribution in [0.1, 0.15) is 18.9 Å². The molecule has 0 aliphatic carbocycles. The van der Waals surface area contributed by atoms with Crippen molar-refractivity contribution in [2.75, 3.05) is 5.43 Å². The van der Waals surface area contributed by atoms with E-state index >= 15 is 0 Å². The molecular weight excluding hydrogens is 218 g/mol. The van der Waals surface area contributed by atoms with E-state index in [1.807, 2.05) is 5.38 Å². The lowest BCUT2D eigenvalue weighted by atomic mass is 10.1. The summed E-state index contributed by atoms with van der Waals surface area (Å²) in [6.45, 7) is 2.19. The van der Waals surface area contributed by atoms with Crippen LogP contribution in [0, 0.1) is 0 Å². The fourth-order valence-electron chi connectivity index (χ4n) is 1.60. The minimum atomic E-state index is 0.743. The van der Waals surface area contributed by atoms with Gasteiger partial charge in [0.05, 0.1) is 5.69 Å². The third kappa shape index (κ3) is 2.40. The molecule has 4 heteroatoms. The van der Waals surface area contributed by atoms with Crippen molar-refractivity contribution in [2.24, 2.45) is 5.84 Å². The molecule has 84 valence electrons. The zero-order chi connectivity index (χ0) is 11.4. The predicted octanol–water partition coefficient (Wildman–Crippen LogP) is 3.05. The number of nitrogens with one attached hydrogen (secondary N) is 1. The molecule has 2 rings (SSSR count). The van der Waals surface area contributed by atoms with Gasteiger partial charge in [0, 0.05) is 10.9 Å². The van der Waals surface area contributed by atoms with Crippen LogP contribution in [0.15, 0.2) is 29.6 Å². The number of hydrogen-bond acceptors (Lipinski definition) is 4. The molecular formula is C12H15N3S. The standard InChI is InChI=1S/C12H15N3S/c1-2-3-9-4-6-10(7-5-9)11-8-16-12(14-11)15-13/h4-8H,2-3,13H2,1H3,(H,14,15). The predicted molar refractivity (Wildman–Crippen MR) is 69.4 cm³/mol. The van der Waals surface area contributed by atoms with E-state index in [2.05, 4.69) is 41.6 Å². The van der Waals surface area contributed by atoms with Crippen LogP contribution < -0.4 is 11.3 Å². The molecule has 0 bridgehead atoms. The zero-order valence-electron chi connectivity index (χ0n) is 9.23. The molecule has 0 saturated heterocycles. The van der Waals surface area contributed by atoms with Crippen LogP contribution in [-0.4, -0.2) is 4.98 Å². The maximum Gasteiger partial charge on any atom is 0.197 e. The van der Waals surface area contributed by atoms with E-state index in [0.717, 1.165) is 22.8 Å². The first-order chi connectivity index (χ1) is 7.83. The van der Waals surface area contributed by atoms with Crippen molar-refractivity contribution in [2.45, 2.75) is 19.8 Å². The van der Waals surface area contributed by atoms with E-state index in [4.69, 9.17) is 5.84 Å². The van der Waals surface area contributed by atoms with Crippen LogP contribution in [-0.2, 0) is 6.42 Å². The fraction of sp³-hybridized carbons (Fsp3) is 0.250. The van der Waals surface area contributed by atoms with Crippen molar-refractivity contribution in [3.63, 3.8) is 0 Å². The Morgan fingerprint density at radius 3 is 2.62 bits per heavy atom. The molecule has 0 unspecified atom stereocenters. The van der Waals surface area contributed by atoms with Gasteiger partial charge < -0.3 is 0 Å². The van der Waals surface area contributed by atoms with Crippen molar-refractivity contribution in [3.05, 3.63) is 35.2 Å². The molecule has 0 fully saturated rings. The van der Waals surface area contributed by atoms with Gasteiger partial charge in [-0.1, -0.05) is 37.6 Å². The molecule has 0 amide bonds. The molecule has 2 aromatic rings. The summed E-state index contributed by atoms with van der Waals surface area (Å²) in [5.74, 6) is 5.30. The molecule has 0 aliphatic rings. The Hall–Kier alpha value is -1.39. The summed E-state index contributed by atoms with van der Waals surface area (Å²) < 4.78 is 0. The Morgan fingerprint density at radius 2 is 2.06 bits per heavy atom. The van der Waals surface area contributed by atoms with E-state index in [0.29, 0.717) is 0 Å². The largest absolute Gasteiger partial charge is 0.300 e. The Bertz CT molecular complexity index is 448. The lowest BCUT2D eigenvalue weighted by Gasteiger charge is -2.00. The van der Waals surface area contributed by atoms with E-state index in [1.165, 1.54) is 23.3 Å². The number of rotatable bonds is 4. The Labute approximate surface area is 99.3 Å². The maximum atomic E-state index is 5.30. The van der Waals surface area contributed by atoms with Gasteiger partial charge in [-0.05, 0) is 12.0 Å². The number of thiazole rings is 1. The summed E-state index contributed by atoms with van der Waals surface area (Å²) in [6, 6.07) is 8.54. The summed E-state index contributed by atoms with van der Waals surface area (Å²) in [6.07, 6.45) is 2.31. The summed E-state index contributed by atoms with van der Waals surface area (Å²) in [7, 11) is 0. The van der Waals surface area contributed by atoms with Crippen LogP contribution in [0.4, 0.5) is 5.13 Å². The second kappa shape index (κ2) is 5.09. The molecule has 0 saturated carbocycles. The highest BCUT2D eigenvalue weighted by Gasteiger charge is 2.03. The molecule has 0 spiro atoms. The van der Waals surface area contributed by atoms with Crippen molar-refractivity contribution < 1.29 is 0 Å². The fourth-order valence-corrected chi connectivity index (χ4v) is 2.23. The van der Waals surface area contributed by atoms with Crippen LogP contribution in [0.3, 0.4) is 0 Å². The van der Waals surface area contributed by atoms with Gasteiger partial charge in [-0.3, -0.25) is 5.43 Å². The zero-order valence-corrected chi connectivity index (χ0v) is 10.1. The number of aryl methyl sites for hydroxylation is 1. The first-order valence-electron chi connectivity index (χ1n) is 5.35. The normalized spacial score (nSPS) is 10.4. The number of anilines is 1. The van der Waals surface area contributed by atoms with Gasteiger partial charge in [-0.25, -0.2) is 10.8 Å². The van der Waals surface area contributed by atoms with Crippen molar-refractivity contribution in [3.8, 4) is 11.3 Å². The van der Waals surface area contributed by atoms with E-state index < -0.39 is 0 Å². The van der Waals surface area contributed by atoms with Gasteiger partial charge >= 0.3 is 0 Å². The SMILES string of the molecule is CCCc1ccc(-c2csc(NN)n2)cc1. The maximum absolute atomic E-state index is 5.30. The number of benzene rings is 1. The summed E-state index contributed by atoms with van der Waals surface area (Å²) in [4.78, 5) is 4.36. The number of nitrogens with two attached hydrogens (primary N) is 1. The summed E-state index contributed by atoms with van der Waals surface area (Å²) >= 11 is 1.51. The second-order valence-corrected chi connectivity index (χ2v) is 4.49. The lowest BCUT2D eigenvalue weighted by molar-refractivity contribution is 0.922. The van der Waals surface area contributed by atoms with Crippen molar-refractivity contribution >= 4 is 16.5 Å². The van der Waals surface area contributed by atoms with Crippen molar-refractivity contribution in [1.29, 1.82) is 0 Å². The van der Waals surface area contributed by atoms with Gasteiger partial charge in [-0.2, -0.15) is 0 Å². The molecule has 0 radical (unpaired) electrons.